The second kappa shape index (κ2) is 7.86. The highest BCUT2D eigenvalue weighted by atomic mass is 15.3. The minimum Gasteiger partial charge on any atom is -0.352 e. The Balaban J connectivity index is 1.74. The molecule has 4 heteroatoms. The molecule has 2 aromatic carbocycles. The highest BCUT2D eigenvalue weighted by molar-refractivity contribution is 5.68. The number of hydrogen-bond donors (Lipinski definition) is 0. The fourth-order valence-electron chi connectivity index (χ4n) is 4.55. The zero-order chi connectivity index (χ0) is 20.5. The number of aromatic nitrogens is 2. The normalized spacial score (nSPS) is 12.9. The van der Waals surface area contributed by atoms with E-state index in [1.165, 1.54) is 33.5 Å². The average Bonchev–Trinajstić information content (AvgIpc) is 3.08. The van der Waals surface area contributed by atoms with Gasteiger partial charge in [0.15, 0.2) is 0 Å². The van der Waals surface area contributed by atoms with Crippen molar-refractivity contribution in [3.63, 3.8) is 0 Å². The zero-order valence-corrected chi connectivity index (χ0v) is 18.2. The smallest absolute Gasteiger partial charge is 0.232 e. The summed E-state index contributed by atoms with van der Waals surface area (Å²) in [5, 5.41) is 0. The summed E-state index contributed by atoms with van der Waals surface area (Å²) >= 11 is 0. The summed E-state index contributed by atoms with van der Waals surface area (Å²) < 4.78 is 0. The molecule has 1 aromatic heterocycles. The summed E-state index contributed by atoms with van der Waals surface area (Å²) in [7, 11) is 0. The number of nitrogens with zero attached hydrogens (tertiary/aromatic N) is 4. The van der Waals surface area contributed by atoms with Gasteiger partial charge in [-0.3, -0.25) is 0 Å². The third-order valence-electron chi connectivity index (χ3n) is 5.79. The van der Waals surface area contributed by atoms with Gasteiger partial charge >= 0.3 is 0 Å². The van der Waals surface area contributed by atoms with Crippen molar-refractivity contribution < 1.29 is 0 Å². The number of fused-ring (bicyclic) bond motifs is 1. The monoisotopic (exact) mass is 386 g/mol. The molecule has 3 aromatic rings. The molecule has 1 aliphatic heterocycles. The Morgan fingerprint density at radius 2 is 1.66 bits per heavy atom. The van der Waals surface area contributed by atoms with Crippen molar-refractivity contribution in [3.05, 3.63) is 76.0 Å². The number of hydrogen-bond acceptors (Lipinski definition) is 4. The van der Waals surface area contributed by atoms with Gasteiger partial charge in [-0.25, -0.2) is 4.98 Å². The van der Waals surface area contributed by atoms with Crippen LogP contribution in [-0.4, -0.2) is 23.1 Å². The first-order valence-electron chi connectivity index (χ1n) is 10.5. The van der Waals surface area contributed by atoms with Gasteiger partial charge in [-0.2, -0.15) is 4.98 Å². The first-order valence-corrected chi connectivity index (χ1v) is 10.5. The molecule has 0 amide bonds. The van der Waals surface area contributed by atoms with E-state index in [1.54, 1.807) is 0 Å². The molecular formula is C25H30N4. The molecular weight excluding hydrogens is 356 g/mol. The topological polar surface area (TPSA) is 32.3 Å². The number of aryl methyl sites for hydroxylation is 4. The van der Waals surface area contributed by atoms with E-state index in [4.69, 9.17) is 9.97 Å². The summed E-state index contributed by atoms with van der Waals surface area (Å²) in [4.78, 5) is 14.7. The lowest BCUT2D eigenvalue weighted by Gasteiger charge is -2.27. The van der Waals surface area contributed by atoms with Gasteiger partial charge in [0.1, 0.15) is 5.82 Å². The number of rotatable bonds is 5. The maximum Gasteiger partial charge on any atom is 0.232 e. The van der Waals surface area contributed by atoms with E-state index in [2.05, 4.69) is 86.9 Å². The molecule has 4 rings (SSSR count). The molecule has 150 valence electrons. The van der Waals surface area contributed by atoms with Crippen LogP contribution in [0.4, 0.5) is 17.5 Å². The van der Waals surface area contributed by atoms with Crippen molar-refractivity contribution >= 4 is 17.5 Å². The molecule has 0 aliphatic carbocycles. The molecule has 0 N–H and O–H groups in total. The van der Waals surface area contributed by atoms with Crippen LogP contribution >= 0.6 is 0 Å². The summed E-state index contributed by atoms with van der Waals surface area (Å²) in [5.74, 6) is 1.90. The van der Waals surface area contributed by atoms with Gasteiger partial charge in [-0.1, -0.05) is 48.0 Å². The van der Waals surface area contributed by atoms with E-state index in [0.29, 0.717) is 0 Å². The first kappa shape index (κ1) is 19.4. The molecule has 0 unspecified atom stereocenters. The van der Waals surface area contributed by atoms with Gasteiger partial charge < -0.3 is 9.80 Å². The van der Waals surface area contributed by atoms with Crippen LogP contribution in [0.1, 0.15) is 40.4 Å². The fraction of sp³-hybridized carbons (Fsp3) is 0.360. The molecule has 0 saturated carbocycles. The number of benzene rings is 2. The molecule has 0 radical (unpaired) electrons. The molecule has 0 atom stereocenters. The van der Waals surface area contributed by atoms with E-state index in [9.17, 15) is 0 Å². The Morgan fingerprint density at radius 1 is 0.966 bits per heavy atom. The van der Waals surface area contributed by atoms with Crippen LogP contribution < -0.4 is 9.80 Å². The highest BCUT2D eigenvalue weighted by Crippen LogP contribution is 2.35. The zero-order valence-electron chi connectivity index (χ0n) is 18.2. The Kier molecular flexibility index (Phi) is 5.27. The molecule has 2 heterocycles. The summed E-state index contributed by atoms with van der Waals surface area (Å²) in [5.41, 5.74) is 8.76. The predicted octanol–water partition coefficient (Wildman–Crippen LogP) is 5.43. The van der Waals surface area contributed by atoms with E-state index in [-0.39, 0.29) is 0 Å². The van der Waals surface area contributed by atoms with Crippen molar-refractivity contribution in [2.24, 2.45) is 0 Å². The second-order valence-corrected chi connectivity index (χ2v) is 8.06. The standard InChI is InChI=1S/C25H30N4/c1-6-29(23-18(3)14-17(2)15-19(23)4)25-26-20(5)22-12-13-28(24(22)27-25)16-21-10-8-7-9-11-21/h7-11,14-15H,6,12-13,16H2,1-5H3. The van der Waals surface area contributed by atoms with Crippen LogP contribution in [0.15, 0.2) is 42.5 Å². The SMILES string of the molecule is CCN(c1nc(C)c2c(n1)N(Cc1ccccc1)CC2)c1c(C)cc(C)cc1C. The van der Waals surface area contributed by atoms with Crippen LogP contribution in [0, 0.1) is 27.7 Å². The Morgan fingerprint density at radius 3 is 2.31 bits per heavy atom. The summed E-state index contributed by atoms with van der Waals surface area (Å²) in [6.07, 6.45) is 1.02. The molecule has 0 spiro atoms. The first-order chi connectivity index (χ1) is 14.0. The Bertz CT molecular complexity index is 1000. The predicted molar refractivity (Wildman–Crippen MR) is 121 cm³/mol. The van der Waals surface area contributed by atoms with Crippen LogP contribution in [0.25, 0.3) is 0 Å². The minimum absolute atomic E-state index is 0.804. The lowest BCUT2D eigenvalue weighted by Crippen LogP contribution is -2.24. The Hall–Kier alpha value is -2.88. The van der Waals surface area contributed by atoms with E-state index >= 15 is 0 Å². The molecule has 1 aliphatic rings. The molecule has 4 nitrogen and oxygen atoms in total. The van der Waals surface area contributed by atoms with Gasteiger partial charge in [0.25, 0.3) is 0 Å². The van der Waals surface area contributed by atoms with Crippen molar-refractivity contribution in [2.75, 3.05) is 22.9 Å². The third-order valence-corrected chi connectivity index (χ3v) is 5.79. The van der Waals surface area contributed by atoms with Gasteiger partial charge in [-0.15, -0.1) is 0 Å². The van der Waals surface area contributed by atoms with Crippen molar-refractivity contribution in [1.29, 1.82) is 0 Å². The highest BCUT2D eigenvalue weighted by Gasteiger charge is 2.26. The molecule has 29 heavy (non-hydrogen) atoms. The van der Waals surface area contributed by atoms with Crippen molar-refractivity contribution in [1.82, 2.24) is 9.97 Å². The third kappa shape index (κ3) is 3.71. The lowest BCUT2D eigenvalue weighted by molar-refractivity contribution is 0.822. The lowest BCUT2D eigenvalue weighted by atomic mass is 10.0. The van der Waals surface area contributed by atoms with Gasteiger partial charge in [0.2, 0.25) is 5.95 Å². The van der Waals surface area contributed by atoms with Gasteiger partial charge in [-0.05, 0) is 57.7 Å². The van der Waals surface area contributed by atoms with Crippen LogP contribution in [0.2, 0.25) is 0 Å². The quantitative estimate of drug-likeness (QED) is 0.585. The summed E-state index contributed by atoms with van der Waals surface area (Å²) in [6.45, 7) is 13.5. The average molecular weight is 387 g/mol. The van der Waals surface area contributed by atoms with Crippen molar-refractivity contribution in [2.45, 2.75) is 47.6 Å². The molecule has 0 bridgehead atoms. The van der Waals surface area contributed by atoms with Gasteiger partial charge in [0, 0.05) is 36.6 Å². The molecule has 0 saturated heterocycles. The largest absolute Gasteiger partial charge is 0.352 e. The van der Waals surface area contributed by atoms with E-state index in [0.717, 1.165) is 43.5 Å². The minimum atomic E-state index is 0.804. The summed E-state index contributed by atoms with van der Waals surface area (Å²) in [6, 6.07) is 15.1. The van der Waals surface area contributed by atoms with E-state index < -0.39 is 0 Å². The van der Waals surface area contributed by atoms with Crippen molar-refractivity contribution in [3.8, 4) is 0 Å². The van der Waals surface area contributed by atoms with Gasteiger partial charge in [0.05, 0.1) is 0 Å². The van der Waals surface area contributed by atoms with Crippen LogP contribution in [0.3, 0.4) is 0 Å². The fourth-order valence-corrected chi connectivity index (χ4v) is 4.55. The maximum atomic E-state index is 5.08. The second-order valence-electron chi connectivity index (χ2n) is 8.06. The maximum absolute atomic E-state index is 5.08. The Labute approximate surface area is 174 Å². The van der Waals surface area contributed by atoms with Crippen LogP contribution in [0.5, 0.6) is 0 Å². The number of anilines is 3. The molecule has 0 fully saturated rings. The van der Waals surface area contributed by atoms with Crippen LogP contribution in [-0.2, 0) is 13.0 Å². The van der Waals surface area contributed by atoms with E-state index in [1.807, 2.05) is 0 Å².